The molecule has 3 heterocycles. The second kappa shape index (κ2) is 6.66. The van der Waals surface area contributed by atoms with Crippen LogP contribution >= 0.6 is 0 Å². The van der Waals surface area contributed by atoms with Crippen molar-refractivity contribution in [3.05, 3.63) is 30.1 Å². The predicted molar refractivity (Wildman–Crippen MR) is 77.5 cm³/mol. The molecule has 4 heteroatoms. The van der Waals surface area contributed by atoms with Crippen LogP contribution in [0.25, 0.3) is 0 Å². The maximum Gasteiger partial charge on any atom is 0.0710 e. The fourth-order valence-corrected chi connectivity index (χ4v) is 3.41. The minimum atomic E-state index is -0.199. The van der Waals surface area contributed by atoms with E-state index in [-0.39, 0.29) is 12.1 Å². The van der Waals surface area contributed by atoms with Crippen molar-refractivity contribution in [2.75, 3.05) is 26.3 Å². The summed E-state index contributed by atoms with van der Waals surface area (Å²) in [5, 5.41) is 10.3. The number of hydrogen-bond acceptors (Lipinski definition) is 4. The average Bonchev–Trinajstić information content (AvgIpc) is 2.83. The molecule has 20 heavy (non-hydrogen) atoms. The van der Waals surface area contributed by atoms with Crippen LogP contribution in [0.4, 0.5) is 0 Å². The van der Waals surface area contributed by atoms with Crippen LogP contribution in [0.2, 0.25) is 0 Å². The SMILES string of the molecule is O[C@H]1CCN(CC2CCOCC2)[C@H]1Cc1cccnc1. The van der Waals surface area contributed by atoms with Crippen molar-refractivity contribution in [3.8, 4) is 0 Å². The molecule has 3 rings (SSSR count). The van der Waals surface area contributed by atoms with Gasteiger partial charge in [0, 0.05) is 44.7 Å². The van der Waals surface area contributed by atoms with Crippen LogP contribution in [0.3, 0.4) is 0 Å². The maximum atomic E-state index is 10.3. The van der Waals surface area contributed by atoms with Crippen LogP contribution < -0.4 is 0 Å². The molecule has 0 radical (unpaired) electrons. The van der Waals surface area contributed by atoms with E-state index in [1.54, 1.807) is 6.20 Å². The number of aliphatic hydroxyl groups excluding tert-OH is 1. The highest BCUT2D eigenvalue weighted by Crippen LogP contribution is 2.25. The Morgan fingerprint density at radius 2 is 2.15 bits per heavy atom. The molecule has 1 aromatic rings. The van der Waals surface area contributed by atoms with E-state index in [9.17, 15) is 5.11 Å². The lowest BCUT2D eigenvalue weighted by molar-refractivity contribution is 0.0434. The monoisotopic (exact) mass is 276 g/mol. The van der Waals surface area contributed by atoms with Gasteiger partial charge in [0.25, 0.3) is 0 Å². The highest BCUT2D eigenvalue weighted by molar-refractivity contribution is 5.11. The molecular weight excluding hydrogens is 252 g/mol. The minimum Gasteiger partial charge on any atom is -0.391 e. The molecule has 0 bridgehead atoms. The third kappa shape index (κ3) is 3.37. The second-order valence-corrected chi connectivity index (χ2v) is 6.04. The second-order valence-electron chi connectivity index (χ2n) is 6.04. The quantitative estimate of drug-likeness (QED) is 0.905. The van der Waals surface area contributed by atoms with Crippen molar-refractivity contribution in [1.29, 1.82) is 0 Å². The summed E-state index contributed by atoms with van der Waals surface area (Å²) in [7, 11) is 0. The molecule has 2 aliphatic heterocycles. The first-order valence-corrected chi connectivity index (χ1v) is 7.71. The zero-order valence-corrected chi connectivity index (χ0v) is 11.9. The molecular formula is C16H24N2O2. The van der Waals surface area contributed by atoms with Crippen molar-refractivity contribution in [1.82, 2.24) is 9.88 Å². The van der Waals surface area contributed by atoms with Crippen molar-refractivity contribution in [2.24, 2.45) is 5.92 Å². The van der Waals surface area contributed by atoms with E-state index in [0.29, 0.717) is 0 Å². The molecule has 0 aliphatic carbocycles. The third-order valence-electron chi connectivity index (χ3n) is 4.63. The van der Waals surface area contributed by atoms with Crippen molar-refractivity contribution in [3.63, 3.8) is 0 Å². The Hall–Kier alpha value is -0.970. The van der Waals surface area contributed by atoms with E-state index in [0.717, 1.165) is 57.9 Å². The molecule has 2 atom stereocenters. The summed E-state index contributed by atoms with van der Waals surface area (Å²) >= 11 is 0. The van der Waals surface area contributed by atoms with Crippen molar-refractivity contribution in [2.45, 2.75) is 37.8 Å². The highest BCUT2D eigenvalue weighted by atomic mass is 16.5. The molecule has 4 nitrogen and oxygen atoms in total. The van der Waals surface area contributed by atoms with Gasteiger partial charge in [-0.1, -0.05) is 6.07 Å². The van der Waals surface area contributed by atoms with Gasteiger partial charge in [-0.05, 0) is 43.2 Å². The van der Waals surface area contributed by atoms with Gasteiger partial charge in [0.05, 0.1) is 6.10 Å². The van der Waals surface area contributed by atoms with E-state index >= 15 is 0 Å². The molecule has 2 saturated heterocycles. The first kappa shape index (κ1) is 14.0. The predicted octanol–water partition coefficient (Wildman–Crippen LogP) is 1.49. The zero-order chi connectivity index (χ0) is 13.8. The molecule has 1 aromatic heterocycles. The molecule has 1 N–H and O–H groups in total. The van der Waals surface area contributed by atoms with Crippen LogP contribution in [0.1, 0.15) is 24.8 Å². The summed E-state index contributed by atoms with van der Waals surface area (Å²) < 4.78 is 5.43. The Morgan fingerprint density at radius 3 is 2.90 bits per heavy atom. The van der Waals surface area contributed by atoms with Crippen LogP contribution in [-0.4, -0.2) is 53.4 Å². The molecule has 0 amide bonds. The van der Waals surface area contributed by atoms with Gasteiger partial charge in [-0.3, -0.25) is 9.88 Å². The molecule has 0 saturated carbocycles. The Bertz CT molecular complexity index is 406. The molecule has 110 valence electrons. The van der Waals surface area contributed by atoms with Crippen LogP contribution in [0.15, 0.2) is 24.5 Å². The number of aromatic nitrogens is 1. The van der Waals surface area contributed by atoms with Gasteiger partial charge in [0.2, 0.25) is 0 Å². The summed E-state index contributed by atoms with van der Waals surface area (Å²) in [6.07, 6.45) is 7.63. The average molecular weight is 276 g/mol. The first-order valence-electron chi connectivity index (χ1n) is 7.71. The van der Waals surface area contributed by atoms with E-state index in [1.165, 1.54) is 5.56 Å². The molecule has 0 aromatic carbocycles. The van der Waals surface area contributed by atoms with Gasteiger partial charge in [-0.15, -0.1) is 0 Å². The van der Waals surface area contributed by atoms with Gasteiger partial charge in [0.15, 0.2) is 0 Å². The summed E-state index contributed by atoms with van der Waals surface area (Å²) in [4.78, 5) is 6.66. The minimum absolute atomic E-state index is 0.199. The normalized spacial score (nSPS) is 28.9. The highest BCUT2D eigenvalue weighted by Gasteiger charge is 2.34. The fourth-order valence-electron chi connectivity index (χ4n) is 3.41. The summed E-state index contributed by atoms with van der Waals surface area (Å²) in [5.74, 6) is 0.727. The van der Waals surface area contributed by atoms with Crippen molar-refractivity contribution >= 4 is 0 Å². The number of rotatable bonds is 4. The Labute approximate surface area is 120 Å². The third-order valence-corrected chi connectivity index (χ3v) is 4.63. The maximum absolute atomic E-state index is 10.3. The number of likely N-dealkylation sites (tertiary alicyclic amines) is 1. The Morgan fingerprint density at radius 1 is 1.30 bits per heavy atom. The van der Waals surface area contributed by atoms with Gasteiger partial charge in [-0.2, -0.15) is 0 Å². The largest absolute Gasteiger partial charge is 0.391 e. The number of nitrogens with zero attached hydrogens (tertiary/aromatic N) is 2. The zero-order valence-electron chi connectivity index (χ0n) is 11.9. The van der Waals surface area contributed by atoms with E-state index in [1.807, 2.05) is 12.3 Å². The van der Waals surface area contributed by atoms with Crippen LogP contribution in [-0.2, 0) is 11.2 Å². The van der Waals surface area contributed by atoms with E-state index in [2.05, 4.69) is 16.0 Å². The standard InChI is InChI=1S/C16H24N2O2/c19-16-3-7-18(12-13-4-8-20-9-5-13)15(16)10-14-2-1-6-17-11-14/h1-2,6,11,13,15-16,19H,3-5,7-10,12H2/t15-,16-/m0/s1. The number of ether oxygens (including phenoxy) is 1. The van der Waals surface area contributed by atoms with Crippen LogP contribution in [0, 0.1) is 5.92 Å². The Balaban J connectivity index is 1.61. The lowest BCUT2D eigenvalue weighted by Gasteiger charge is -2.31. The summed E-state index contributed by atoms with van der Waals surface area (Å²) in [6.45, 7) is 3.91. The molecule has 2 aliphatic rings. The summed E-state index contributed by atoms with van der Waals surface area (Å²) in [6, 6.07) is 4.33. The van der Waals surface area contributed by atoms with E-state index in [4.69, 9.17) is 4.74 Å². The first-order chi connectivity index (χ1) is 9.83. The lowest BCUT2D eigenvalue weighted by Crippen LogP contribution is -2.40. The molecule has 0 spiro atoms. The summed E-state index contributed by atoms with van der Waals surface area (Å²) in [5.41, 5.74) is 1.22. The van der Waals surface area contributed by atoms with Gasteiger partial charge in [-0.25, -0.2) is 0 Å². The van der Waals surface area contributed by atoms with Crippen molar-refractivity contribution < 1.29 is 9.84 Å². The fraction of sp³-hybridized carbons (Fsp3) is 0.688. The van der Waals surface area contributed by atoms with Gasteiger partial charge >= 0.3 is 0 Å². The van der Waals surface area contributed by atoms with E-state index < -0.39 is 0 Å². The number of aliphatic hydroxyl groups is 1. The van der Waals surface area contributed by atoms with Gasteiger partial charge in [0.1, 0.15) is 0 Å². The lowest BCUT2D eigenvalue weighted by atomic mass is 9.98. The molecule has 0 unspecified atom stereocenters. The smallest absolute Gasteiger partial charge is 0.0710 e. The number of pyridine rings is 1. The van der Waals surface area contributed by atoms with Gasteiger partial charge < -0.3 is 9.84 Å². The molecule has 2 fully saturated rings. The Kier molecular flexibility index (Phi) is 4.65. The number of hydrogen-bond donors (Lipinski definition) is 1. The van der Waals surface area contributed by atoms with Crippen LogP contribution in [0.5, 0.6) is 0 Å². The topological polar surface area (TPSA) is 45.6 Å².